The Labute approximate surface area is 108 Å². The molecule has 0 radical (unpaired) electrons. The zero-order valence-corrected chi connectivity index (χ0v) is 10.9. The van der Waals surface area contributed by atoms with Crippen LogP contribution in [0, 0.1) is 0 Å². The lowest BCUT2D eigenvalue weighted by Gasteiger charge is -2.08. The quantitative estimate of drug-likeness (QED) is 0.939. The summed E-state index contributed by atoms with van der Waals surface area (Å²) in [6, 6.07) is 7.74. The highest BCUT2D eigenvalue weighted by atomic mass is 79.9. The molecule has 0 aliphatic carbocycles. The van der Waals surface area contributed by atoms with Crippen LogP contribution in [0.4, 0.5) is 11.5 Å². The van der Waals surface area contributed by atoms with Gasteiger partial charge in [0.05, 0.1) is 11.1 Å². The lowest BCUT2D eigenvalue weighted by Crippen LogP contribution is -1.96. The molecule has 0 amide bonds. The smallest absolute Gasteiger partial charge is 0.148 e. The topological polar surface area (TPSA) is 47.0 Å². The molecular formula is C12H12BrN3O. The van der Waals surface area contributed by atoms with Crippen LogP contribution in [-0.2, 0) is 0 Å². The van der Waals surface area contributed by atoms with Gasteiger partial charge in [0, 0.05) is 18.0 Å². The predicted molar refractivity (Wildman–Crippen MR) is 70.6 cm³/mol. The zero-order chi connectivity index (χ0) is 12.1. The monoisotopic (exact) mass is 293 g/mol. The van der Waals surface area contributed by atoms with Crippen LogP contribution >= 0.6 is 15.9 Å². The summed E-state index contributed by atoms with van der Waals surface area (Å²) in [5.74, 6) is 1.57. The Morgan fingerprint density at radius 3 is 3.06 bits per heavy atom. The van der Waals surface area contributed by atoms with E-state index in [1.807, 2.05) is 31.2 Å². The average molecular weight is 294 g/mol. The van der Waals surface area contributed by atoms with Gasteiger partial charge in [0.1, 0.15) is 17.9 Å². The molecule has 2 aromatic rings. The van der Waals surface area contributed by atoms with Gasteiger partial charge in [0.2, 0.25) is 0 Å². The Balaban J connectivity index is 2.18. The van der Waals surface area contributed by atoms with E-state index in [1.165, 1.54) is 6.33 Å². The molecule has 17 heavy (non-hydrogen) atoms. The fraction of sp³-hybridized carbons (Fsp3) is 0.167. The molecule has 5 heteroatoms. The second kappa shape index (κ2) is 5.63. The standard InChI is InChI=1S/C12H12BrN3O/c1-2-17-10-5-3-4-9(6-10)16-12-11(13)7-14-8-15-12/h3-8H,2H2,1H3,(H,14,15,16). The Bertz CT molecular complexity index is 505. The molecule has 88 valence electrons. The molecule has 1 aromatic heterocycles. The summed E-state index contributed by atoms with van der Waals surface area (Å²) in [5.41, 5.74) is 0.926. The number of nitrogens with zero attached hydrogens (tertiary/aromatic N) is 2. The molecule has 1 N–H and O–H groups in total. The number of rotatable bonds is 4. The third kappa shape index (κ3) is 3.17. The van der Waals surface area contributed by atoms with E-state index in [4.69, 9.17) is 4.74 Å². The third-order valence-corrected chi connectivity index (χ3v) is 2.66. The van der Waals surface area contributed by atoms with Crippen LogP contribution in [0.15, 0.2) is 41.3 Å². The maximum atomic E-state index is 5.43. The molecule has 0 saturated heterocycles. The molecule has 4 nitrogen and oxygen atoms in total. The first-order valence-corrected chi connectivity index (χ1v) is 6.04. The van der Waals surface area contributed by atoms with E-state index in [9.17, 15) is 0 Å². The molecular weight excluding hydrogens is 282 g/mol. The van der Waals surface area contributed by atoms with Gasteiger partial charge in [-0.25, -0.2) is 9.97 Å². The number of hydrogen-bond acceptors (Lipinski definition) is 4. The fourth-order valence-electron chi connectivity index (χ4n) is 1.37. The number of anilines is 2. The highest BCUT2D eigenvalue weighted by molar-refractivity contribution is 9.10. The van der Waals surface area contributed by atoms with E-state index < -0.39 is 0 Å². The number of halogens is 1. The van der Waals surface area contributed by atoms with Gasteiger partial charge in [0.15, 0.2) is 0 Å². The molecule has 2 rings (SSSR count). The summed E-state index contributed by atoms with van der Waals surface area (Å²) < 4.78 is 6.25. The number of benzene rings is 1. The molecule has 0 unspecified atom stereocenters. The van der Waals surface area contributed by atoms with Gasteiger partial charge in [-0.3, -0.25) is 0 Å². The van der Waals surface area contributed by atoms with E-state index in [0.717, 1.165) is 21.7 Å². The van der Waals surface area contributed by atoms with E-state index in [2.05, 4.69) is 31.2 Å². The van der Waals surface area contributed by atoms with Crippen LogP contribution < -0.4 is 10.1 Å². The predicted octanol–water partition coefficient (Wildman–Crippen LogP) is 3.38. The minimum atomic E-state index is 0.653. The van der Waals surface area contributed by atoms with Crippen molar-refractivity contribution in [2.24, 2.45) is 0 Å². The minimum absolute atomic E-state index is 0.653. The van der Waals surface area contributed by atoms with Gasteiger partial charge in [0.25, 0.3) is 0 Å². The third-order valence-electron chi connectivity index (χ3n) is 2.08. The van der Waals surface area contributed by atoms with Crippen molar-refractivity contribution in [1.82, 2.24) is 9.97 Å². The number of aromatic nitrogens is 2. The first-order valence-electron chi connectivity index (χ1n) is 5.25. The zero-order valence-electron chi connectivity index (χ0n) is 9.35. The van der Waals surface area contributed by atoms with E-state index in [-0.39, 0.29) is 0 Å². The minimum Gasteiger partial charge on any atom is -0.494 e. The maximum Gasteiger partial charge on any atom is 0.148 e. The summed E-state index contributed by atoms with van der Waals surface area (Å²) in [6.07, 6.45) is 3.20. The van der Waals surface area contributed by atoms with Crippen molar-refractivity contribution in [1.29, 1.82) is 0 Å². The van der Waals surface area contributed by atoms with Gasteiger partial charge in [-0.1, -0.05) is 6.07 Å². The fourth-order valence-corrected chi connectivity index (χ4v) is 1.69. The van der Waals surface area contributed by atoms with Gasteiger partial charge in [-0.05, 0) is 35.0 Å². The largest absolute Gasteiger partial charge is 0.494 e. The van der Waals surface area contributed by atoms with Crippen LogP contribution in [0.25, 0.3) is 0 Å². The van der Waals surface area contributed by atoms with Crippen LogP contribution in [0.2, 0.25) is 0 Å². The lowest BCUT2D eigenvalue weighted by atomic mass is 10.3. The highest BCUT2D eigenvalue weighted by Gasteiger charge is 2.02. The molecule has 0 aliphatic heterocycles. The number of ether oxygens (including phenoxy) is 1. The van der Waals surface area contributed by atoms with Gasteiger partial charge < -0.3 is 10.1 Å². The van der Waals surface area contributed by atoms with E-state index >= 15 is 0 Å². The molecule has 0 spiro atoms. The summed E-state index contributed by atoms with van der Waals surface area (Å²) in [4.78, 5) is 8.05. The van der Waals surface area contributed by atoms with Gasteiger partial charge >= 0.3 is 0 Å². The molecule has 1 aromatic carbocycles. The van der Waals surface area contributed by atoms with Crippen molar-refractivity contribution < 1.29 is 4.74 Å². The molecule has 0 atom stereocenters. The van der Waals surface area contributed by atoms with Gasteiger partial charge in [-0.2, -0.15) is 0 Å². The Kier molecular flexibility index (Phi) is 3.93. The Morgan fingerprint density at radius 1 is 1.41 bits per heavy atom. The SMILES string of the molecule is CCOc1cccc(Nc2ncncc2Br)c1. The molecule has 0 aliphatic rings. The van der Waals surface area contributed by atoms with Crippen LogP contribution in [0.3, 0.4) is 0 Å². The van der Waals surface area contributed by atoms with Crippen LogP contribution in [-0.4, -0.2) is 16.6 Å². The van der Waals surface area contributed by atoms with Crippen molar-refractivity contribution in [2.75, 3.05) is 11.9 Å². The first-order chi connectivity index (χ1) is 8.29. The molecule has 0 bridgehead atoms. The maximum absolute atomic E-state index is 5.43. The Morgan fingerprint density at radius 2 is 2.29 bits per heavy atom. The second-order valence-corrected chi connectivity index (χ2v) is 4.16. The molecule has 1 heterocycles. The van der Waals surface area contributed by atoms with Crippen molar-refractivity contribution in [3.63, 3.8) is 0 Å². The van der Waals surface area contributed by atoms with Crippen molar-refractivity contribution in [3.05, 3.63) is 41.3 Å². The Hall–Kier alpha value is -1.62. The number of hydrogen-bond donors (Lipinski definition) is 1. The lowest BCUT2D eigenvalue weighted by molar-refractivity contribution is 0.340. The highest BCUT2D eigenvalue weighted by Crippen LogP contribution is 2.24. The molecule has 0 fully saturated rings. The number of nitrogens with one attached hydrogen (secondary N) is 1. The summed E-state index contributed by atoms with van der Waals surface area (Å²) in [7, 11) is 0. The summed E-state index contributed by atoms with van der Waals surface area (Å²) in [5, 5.41) is 3.19. The summed E-state index contributed by atoms with van der Waals surface area (Å²) >= 11 is 3.38. The van der Waals surface area contributed by atoms with Crippen molar-refractivity contribution in [2.45, 2.75) is 6.92 Å². The normalized spacial score (nSPS) is 10.0. The first kappa shape index (κ1) is 11.9. The van der Waals surface area contributed by atoms with Gasteiger partial charge in [-0.15, -0.1) is 0 Å². The van der Waals surface area contributed by atoms with E-state index in [0.29, 0.717) is 6.61 Å². The second-order valence-electron chi connectivity index (χ2n) is 3.31. The van der Waals surface area contributed by atoms with Crippen LogP contribution in [0.5, 0.6) is 5.75 Å². The van der Waals surface area contributed by atoms with Crippen molar-refractivity contribution >= 4 is 27.4 Å². The average Bonchev–Trinajstić information content (AvgIpc) is 2.33. The van der Waals surface area contributed by atoms with Crippen molar-refractivity contribution in [3.8, 4) is 5.75 Å². The van der Waals surface area contributed by atoms with Crippen LogP contribution in [0.1, 0.15) is 6.92 Å². The molecule has 0 saturated carbocycles. The van der Waals surface area contributed by atoms with E-state index in [1.54, 1.807) is 6.20 Å². The summed E-state index contributed by atoms with van der Waals surface area (Å²) in [6.45, 7) is 2.61.